The topological polar surface area (TPSA) is 70.5 Å². The fourth-order valence-corrected chi connectivity index (χ4v) is 1.77. The standard InChI is InChI=1S/C12H14N2O3/c1-14(9-3-2-4-9)11(15)10-6-5-8(7-13-10)12(16)17/h5-7,9H,2-4H2,1H3,(H,16,17). The van der Waals surface area contributed by atoms with Crippen molar-refractivity contribution < 1.29 is 14.7 Å². The summed E-state index contributed by atoms with van der Waals surface area (Å²) in [6, 6.07) is 3.17. The summed E-state index contributed by atoms with van der Waals surface area (Å²) < 4.78 is 0. The molecule has 5 heteroatoms. The minimum Gasteiger partial charge on any atom is -0.478 e. The molecule has 1 aromatic heterocycles. The van der Waals surface area contributed by atoms with Gasteiger partial charge in [0.05, 0.1) is 5.56 Å². The molecule has 0 atom stereocenters. The van der Waals surface area contributed by atoms with E-state index in [1.54, 1.807) is 11.9 Å². The summed E-state index contributed by atoms with van der Waals surface area (Å²) >= 11 is 0. The average Bonchev–Trinajstić information content (AvgIpc) is 2.25. The molecule has 1 aliphatic carbocycles. The predicted octanol–water partition coefficient (Wildman–Crippen LogP) is 1.40. The summed E-state index contributed by atoms with van der Waals surface area (Å²) in [6.45, 7) is 0. The summed E-state index contributed by atoms with van der Waals surface area (Å²) in [5.41, 5.74) is 0.386. The molecule has 0 bridgehead atoms. The lowest BCUT2D eigenvalue weighted by atomic mass is 9.92. The molecule has 1 heterocycles. The zero-order valence-corrected chi connectivity index (χ0v) is 9.59. The highest BCUT2D eigenvalue weighted by molar-refractivity contribution is 5.93. The molecule has 0 saturated heterocycles. The minimum atomic E-state index is -1.04. The van der Waals surface area contributed by atoms with Crippen molar-refractivity contribution in [1.82, 2.24) is 9.88 Å². The molecule has 17 heavy (non-hydrogen) atoms. The first kappa shape index (κ1) is 11.6. The molecule has 90 valence electrons. The van der Waals surface area contributed by atoms with E-state index in [4.69, 9.17) is 5.11 Å². The smallest absolute Gasteiger partial charge is 0.337 e. The first-order chi connectivity index (χ1) is 8.09. The Morgan fingerprint density at radius 2 is 2.12 bits per heavy atom. The molecule has 1 N–H and O–H groups in total. The Kier molecular flexibility index (Phi) is 3.08. The number of carbonyl (C=O) groups is 2. The molecule has 0 unspecified atom stereocenters. The van der Waals surface area contributed by atoms with Crippen LogP contribution in [0.3, 0.4) is 0 Å². The van der Waals surface area contributed by atoms with Gasteiger partial charge >= 0.3 is 5.97 Å². The Morgan fingerprint density at radius 3 is 2.53 bits per heavy atom. The number of hydrogen-bond donors (Lipinski definition) is 1. The largest absolute Gasteiger partial charge is 0.478 e. The second-order valence-electron chi connectivity index (χ2n) is 4.24. The lowest BCUT2D eigenvalue weighted by Gasteiger charge is -2.34. The number of carboxylic acid groups (broad SMARTS) is 1. The number of amides is 1. The van der Waals surface area contributed by atoms with E-state index in [-0.39, 0.29) is 11.5 Å². The number of aromatic carboxylic acids is 1. The molecule has 0 spiro atoms. The van der Waals surface area contributed by atoms with Crippen LogP contribution >= 0.6 is 0 Å². The van der Waals surface area contributed by atoms with Crippen molar-refractivity contribution in [3.63, 3.8) is 0 Å². The zero-order valence-electron chi connectivity index (χ0n) is 9.59. The lowest BCUT2D eigenvalue weighted by Crippen LogP contribution is -2.41. The SMILES string of the molecule is CN(C(=O)c1ccc(C(=O)O)cn1)C1CCC1. The van der Waals surface area contributed by atoms with Crippen LogP contribution in [0.1, 0.15) is 40.1 Å². The van der Waals surface area contributed by atoms with Crippen LogP contribution in [0.2, 0.25) is 0 Å². The highest BCUT2D eigenvalue weighted by Crippen LogP contribution is 2.24. The van der Waals surface area contributed by atoms with Crippen LogP contribution < -0.4 is 0 Å². The monoisotopic (exact) mass is 234 g/mol. The first-order valence-electron chi connectivity index (χ1n) is 5.56. The van der Waals surface area contributed by atoms with Gasteiger partial charge in [0.2, 0.25) is 0 Å². The number of nitrogens with zero attached hydrogens (tertiary/aromatic N) is 2. The molecule has 1 fully saturated rings. The fourth-order valence-electron chi connectivity index (χ4n) is 1.77. The van der Waals surface area contributed by atoms with Crippen LogP contribution in [-0.2, 0) is 0 Å². The third-order valence-electron chi connectivity index (χ3n) is 3.17. The summed E-state index contributed by atoms with van der Waals surface area (Å²) in [5.74, 6) is -1.18. The molecule has 0 aromatic carbocycles. The van der Waals surface area contributed by atoms with Crippen LogP contribution in [0.5, 0.6) is 0 Å². The van der Waals surface area contributed by atoms with Crippen molar-refractivity contribution in [2.45, 2.75) is 25.3 Å². The fraction of sp³-hybridized carbons (Fsp3) is 0.417. The van der Waals surface area contributed by atoms with E-state index in [1.807, 2.05) is 0 Å². The van der Waals surface area contributed by atoms with Crippen LogP contribution in [0.25, 0.3) is 0 Å². The van der Waals surface area contributed by atoms with Gasteiger partial charge in [-0.25, -0.2) is 4.79 Å². The normalized spacial score (nSPS) is 15.1. The maximum Gasteiger partial charge on any atom is 0.337 e. The predicted molar refractivity (Wildman–Crippen MR) is 60.9 cm³/mol. The number of carboxylic acids is 1. The highest BCUT2D eigenvalue weighted by atomic mass is 16.4. The summed E-state index contributed by atoms with van der Waals surface area (Å²) in [4.78, 5) is 28.2. The van der Waals surface area contributed by atoms with E-state index in [0.29, 0.717) is 11.7 Å². The van der Waals surface area contributed by atoms with Gasteiger partial charge in [0.25, 0.3) is 5.91 Å². The molecule has 1 aromatic rings. The van der Waals surface area contributed by atoms with E-state index in [2.05, 4.69) is 4.98 Å². The number of rotatable bonds is 3. The maximum absolute atomic E-state index is 12.0. The van der Waals surface area contributed by atoms with Gasteiger partial charge < -0.3 is 10.0 Å². The molecule has 0 radical (unpaired) electrons. The van der Waals surface area contributed by atoms with E-state index in [0.717, 1.165) is 19.3 Å². The Hall–Kier alpha value is -1.91. The molecule has 1 saturated carbocycles. The molecule has 0 aliphatic heterocycles. The summed E-state index contributed by atoms with van der Waals surface area (Å²) in [5, 5.41) is 8.72. The van der Waals surface area contributed by atoms with Gasteiger partial charge in [-0.05, 0) is 31.4 Å². The number of carbonyl (C=O) groups excluding carboxylic acids is 1. The van der Waals surface area contributed by atoms with Gasteiger partial charge in [-0.1, -0.05) is 0 Å². The quantitative estimate of drug-likeness (QED) is 0.858. The van der Waals surface area contributed by atoms with Gasteiger partial charge in [-0.3, -0.25) is 9.78 Å². The zero-order chi connectivity index (χ0) is 12.4. The maximum atomic E-state index is 12.0. The van der Waals surface area contributed by atoms with Crippen molar-refractivity contribution in [3.8, 4) is 0 Å². The summed E-state index contributed by atoms with van der Waals surface area (Å²) in [6.07, 6.45) is 4.45. The number of aromatic nitrogens is 1. The molecule has 2 rings (SSSR count). The van der Waals surface area contributed by atoms with E-state index in [1.165, 1.54) is 18.3 Å². The molecule has 1 aliphatic rings. The third kappa shape index (κ3) is 2.27. The second-order valence-corrected chi connectivity index (χ2v) is 4.24. The van der Waals surface area contributed by atoms with Gasteiger partial charge in [0.1, 0.15) is 5.69 Å². The van der Waals surface area contributed by atoms with Crippen molar-refractivity contribution in [3.05, 3.63) is 29.6 Å². The van der Waals surface area contributed by atoms with Crippen molar-refractivity contribution in [2.75, 3.05) is 7.05 Å². The van der Waals surface area contributed by atoms with Crippen molar-refractivity contribution >= 4 is 11.9 Å². The first-order valence-corrected chi connectivity index (χ1v) is 5.56. The third-order valence-corrected chi connectivity index (χ3v) is 3.17. The van der Waals surface area contributed by atoms with Crippen LogP contribution in [0.15, 0.2) is 18.3 Å². The van der Waals surface area contributed by atoms with E-state index >= 15 is 0 Å². The van der Waals surface area contributed by atoms with Gasteiger partial charge in [-0.15, -0.1) is 0 Å². The van der Waals surface area contributed by atoms with Gasteiger partial charge in [0.15, 0.2) is 0 Å². The van der Waals surface area contributed by atoms with Crippen molar-refractivity contribution in [1.29, 1.82) is 0 Å². The van der Waals surface area contributed by atoms with Crippen LogP contribution in [0.4, 0.5) is 0 Å². The van der Waals surface area contributed by atoms with Gasteiger partial charge in [0, 0.05) is 19.3 Å². The Balaban J connectivity index is 2.10. The van der Waals surface area contributed by atoms with E-state index < -0.39 is 5.97 Å². The number of pyridine rings is 1. The lowest BCUT2D eigenvalue weighted by molar-refractivity contribution is 0.0642. The molecular weight excluding hydrogens is 220 g/mol. The Labute approximate surface area is 99.1 Å². The van der Waals surface area contributed by atoms with Crippen molar-refractivity contribution in [2.24, 2.45) is 0 Å². The molecule has 1 amide bonds. The highest BCUT2D eigenvalue weighted by Gasteiger charge is 2.26. The van der Waals surface area contributed by atoms with E-state index in [9.17, 15) is 9.59 Å². The van der Waals surface area contributed by atoms with Crippen LogP contribution in [0, 0.1) is 0 Å². The second kappa shape index (κ2) is 4.53. The van der Waals surface area contributed by atoms with Gasteiger partial charge in [-0.2, -0.15) is 0 Å². The number of hydrogen-bond acceptors (Lipinski definition) is 3. The van der Waals surface area contributed by atoms with Crippen LogP contribution in [-0.4, -0.2) is 40.0 Å². The average molecular weight is 234 g/mol. The molecular formula is C12H14N2O3. The minimum absolute atomic E-state index is 0.0906. The summed E-state index contributed by atoms with van der Waals surface area (Å²) in [7, 11) is 1.76. The Bertz CT molecular complexity index is 438. The molecule has 5 nitrogen and oxygen atoms in total. The Morgan fingerprint density at radius 1 is 1.41 bits per heavy atom.